The molecule has 108 valence electrons. The van der Waals surface area contributed by atoms with Gasteiger partial charge in [0.15, 0.2) is 5.13 Å². The molecule has 1 amide bonds. The van der Waals surface area contributed by atoms with Crippen LogP contribution in [-0.4, -0.2) is 15.9 Å². The molecule has 21 heavy (non-hydrogen) atoms. The van der Waals surface area contributed by atoms with E-state index in [1.807, 2.05) is 25.1 Å². The maximum atomic E-state index is 12.0. The zero-order valence-electron chi connectivity index (χ0n) is 11.9. The van der Waals surface area contributed by atoms with Crippen molar-refractivity contribution in [2.24, 2.45) is 5.92 Å². The predicted molar refractivity (Wildman–Crippen MR) is 85.2 cm³/mol. The van der Waals surface area contributed by atoms with E-state index in [-0.39, 0.29) is 5.91 Å². The van der Waals surface area contributed by atoms with Crippen LogP contribution < -0.4 is 5.32 Å². The third-order valence-electron chi connectivity index (χ3n) is 3.50. The third-order valence-corrected chi connectivity index (χ3v) is 4.60. The molecule has 1 aliphatic carbocycles. The van der Waals surface area contributed by atoms with Crippen molar-refractivity contribution in [2.45, 2.75) is 26.2 Å². The lowest BCUT2D eigenvalue weighted by molar-refractivity contribution is -0.116. The number of nitrogens with zero attached hydrogens (tertiary/aromatic N) is 2. The lowest BCUT2D eigenvalue weighted by Gasteiger charge is -2.06. The number of amides is 1. The van der Waals surface area contributed by atoms with Gasteiger partial charge in [0.2, 0.25) is 5.91 Å². The molecule has 0 spiro atoms. The van der Waals surface area contributed by atoms with Gasteiger partial charge in [0.1, 0.15) is 0 Å². The molecule has 0 fully saturated rings. The van der Waals surface area contributed by atoms with Gasteiger partial charge in [0, 0.05) is 12.6 Å². The van der Waals surface area contributed by atoms with Crippen molar-refractivity contribution in [2.75, 3.05) is 5.32 Å². The van der Waals surface area contributed by atoms with E-state index in [2.05, 4.69) is 27.4 Å². The number of thiazole rings is 1. The number of pyridine rings is 1. The predicted octanol–water partition coefficient (Wildman–Crippen LogP) is 3.81. The van der Waals surface area contributed by atoms with Crippen molar-refractivity contribution in [3.63, 3.8) is 0 Å². The molecule has 5 heteroatoms. The number of carbonyl (C=O) groups excluding carboxylic acids is 1. The molecule has 1 atom stereocenters. The number of hydrogen-bond donors (Lipinski definition) is 1. The van der Waals surface area contributed by atoms with Gasteiger partial charge in [-0.2, -0.15) is 0 Å². The van der Waals surface area contributed by atoms with Gasteiger partial charge in [-0.1, -0.05) is 29.6 Å². The Balaban J connectivity index is 1.69. The van der Waals surface area contributed by atoms with Crippen LogP contribution in [-0.2, 0) is 4.79 Å². The Labute approximate surface area is 128 Å². The summed E-state index contributed by atoms with van der Waals surface area (Å²) in [6, 6.07) is 5.79. The lowest BCUT2D eigenvalue weighted by atomic mass is 10.1. The quantitative estimate of drug-likeness (QED) is 0.873. The van der Waals surface area contributed by atoms with Crippen molar-refractivity contribution in [3.05, 3.63) is 42.2 Å². The summed E-state index contributed by atoms with van der Waals surface area (Å²) in [6.45, 7) is 1.94. The van der Waals surface area contributed by atoms with E-state index in [1.165, 1.54) is 11.3 Å². The van der Waals surface area contributed by atoms with Crippen molar-refractivity contribution < 1.29 is 4.79 Å². The molecule has 2 aromatic heterocycles. The lowest BCUT2D eigenvalue weighted by Crippen LogP contribution is -2.14. The van der Waals surface area contributed by atoms with Crippen LogP contribution in [0.2, 0.25) is 0 Å². The van der Waals surface area contributed by atoms with Crippen LogP contribution in [0.3, 0.4) is 0 Å². The number of carbonyl (C=O) groups is 1. The van der Waals surface area contributed by atoms with Crippen LogP contribution >= 0.6 is 11.3 Å². The van der Waals surface area contributed by atoms with Gasteiger partial charge in [0.25, 0.3) is 0 Å². The third kappa shape index (κ3) is 3.36. The van der Waals surface area contributed by atoms with Gasteiger partial charge in [-0.25, -0.2) is 4.98 Å². The molecular formula is C16H17N3OS. The van der Waals surface area contributed by atoms with Gasteiger partial charge in [-0.3, -0.25) is 9.78 Å². The second-order valence-corrected chi connectivity index (χ2v) is 6.17. The molecule has 0 aliphatic heterocycles. The van der Waals surface area contributed by atoms with Crippen LogP contribution in [0.1, 0.15) is 25.0 Å². The Bertz CT molecular complexity index is 663. The van der Waals surface area contributed by atoms with E-state index >= 15 is 0 Å². The van der Waals surface area contributed by atoms with Crippen LogP contribution in [0.5, 0.6) is 0 Å². The summed E-state index contributed by atoms with van der Waals surface area (Å²) in [5, 5.41) is 3.56. The second kappa shape index (κ2) is 6.18. The molecule has 1 aliphatic rings. The monoisotopic (exact) mass is 299 g/mol. The minimum atomic E-state index is 0.0351. The van der Waals surface area contributed by atoms with Gasteiger partial charge < -0.3 is 5.32 Å². The summed E-state index contributed by atoms with van der Waals surface area (Å²) in [7, 11) is 0. The molecule has 0 saturated heterocycles. The zero-order chi connectivity index (χ0) is 14.7. The average Bonchev–Trinajstić information content (AvgIpc) is 3.09. The molecule has 4 nitrogen and oxygen atoms in total. The van der Waals surface area contributed by atoms with Gasteiger partial charge in [0.05, 0.1) is 16.3 Å². The number of aryl methyl sites for hydroxylation is 1. The molecule has 0 aromatic carbocycles. The van der Waals surface area contributed by atoms with Crippen LogP contribution in [0, 0.1) is 12.8 Å². The second-order valence-electron chi connectivity index (χ2n) is 5.17. The first-order valence-corrected chi connectivity index (χ1v) is 7.89. The van der Waals surface area contributed by atoms with Crippen LogP contribution in [0.25, 0.3) is 10.6 Å². The largest absolute Gasteiger partial charge is 0.302 e. The summed E-state index contributed by atoms with van der Waals surface area (Å²) < 4.78 is 0. The molecule has 0 saturated carbocycles. The SMILES string of the molecule is Cc1nc(NC(=O)C[C@H]2C=CCC2)sc1-c1ccccn1. The summed E-state index contributed by atoms with van der Waals surface area (Å²) >= 11 is 1.48. The normalized spacial score (nSPS) is 17.1. The first kappa shape index (κ1) is 13.9. The Hall–Kier alpha value is -2.01. The molecule has 2 aromatic rings. The van der Waals surface area contributed by atoms with Crippen molar-refractivity contribution >= 4 is 22.4 Å². The Morgan fingerprint density at radius 1 is 1.48 bits per heavy atom. The zero-order valence-corrected chi connectivity index (χ0v) is 12.7. The molecule has 2 heterocycles. The standard InChI is InChI=1S/C16H17N3OS/c1-11-15(13-8-4-5-9-17-13)21-16(18-11)19-14(20)10-12-6-2-3-7-12/h2,4-6,8-9,12H,3,7,10H2,1H3,(H,18,19,20)/t12-/m0/s1. The van der Waals surface area contributed by atoms with E-state index < -0.39 is 0 Å². The maximum absolute atomic E-state index is 12.0. The van der Waals surface area contributed by atoms with E-state index in [9.17, 15) is 4.79 Å². The maximum Gasteiger partial charge on any atom is 0.226 e. The molecule has 3 rings (SSSR count). The molecule has 0 bridgehead atoms. The Kier molecular flexibility index (Phi) is 4.10. The number of rotatable bonds is 4. The highest BCUT2D eigenvalue weighted by Gasteiger charge is 2.16. The Morgan fingerprint density at radius 2 is 2.38 bits per heavy atom. The first-order chi connectivity index (χ1) is 10.2. The summed E-state index contributed by atoms with van der Waals surface area (Å²) in [5.74, 6) is 0.411. The van der Waals surface area contributed by atoms with Crippen molar-refractivity contribution in [1.82, 2.24) is 9.97 Å². The minimum absolute atomic E-state index is 0.0351. The summed E-state index contributed by atoms with van der Waals surface area (Å²) in [6.07, 6.45) is 8.73. The van der Waals surface area contributed by atoms with Gasteiger partial charge in [-0.15, -0.1) is 0 Å². The highest BCUT2D eigenvalue weighted by atomic mass is 32.1. The summed E-state index contributed by atoms with van der Waals surface area (Å²) in [4.78, 5) is 21.8. The number of nitrogens with one attached hydrogen (secondary N) is 1. The molecule has 0 unspecified atom stereocenters. The topological polar surface area (TPSA) is 54.9 Å². The Morgan fingerprint density at radius 3 is 3.10 bits per heavy atom. The van der Waals surface area contributed by atoms with E-state index in [0.29, 0.717) is 17.5 Å². The highest BCUT2D eigenvalue weighted by Crippen LogP contribution is 2.31. The van der Waals surface area contributed by atoms with Gasteiger partial charge in [-0.05, 0) is 37.8 Å². The first-order valence-electron chi connectivity index (χ1n) is 7.08. The molecule has 1 N–H and O–H groups in total. The van der Waals surface area contributed by atoms with E-state index in [0.717, 1.165) is 29.1 Å². The number of allylic oxidation sites excluding steroid dienone is 2. The fraction of sp³-hybridized carbons (Fsp3) is 0.312. The van der Waals surface area contributed by atoms with E-state index in [1.54, 1.807) is 6.20 Å². The summed E-state index contributed by atoms with van der Waals surface area (Å²) in [5.41, 5.74) is 1.79. The average molecular weight is 299 g/mol. The fourth-order valence-electron chi connectivity index (χ4n) is 2.46. The highest BCUT2D eigenvalue weighted by molar-refractivity contribution is 7.19. The van der Waals surface area contributed by atoms with E-state index in [4.69, 9.17) is 0 Å². The minimum Gasteiger partial charge on any atom is -0.302 e. The van der Waals surface area contributed by atoms with Gasteiger partial charge >= 0.3 is 0 Å². The fourth-order valence-corrected chi connectivity index (χ4v) is 3.42. The van der Waals surface area contributed by atoms with Crippen molar-refractivity contribution in [1.29, 1.82) is 0 Å². The van der Waals surface area contributed by atoms with Crippen LogP contribution in [0.4, 0.5) is 5.13 Å². The smallest absolute Gasteiger partial charge is 0.226 e. The molecule has 0 radical (unpaired) electrons. The number of aromatic nitrogens is 2. The number of anilines is 1. The van der Waals surface area contributed by atoms with Crippen molar-refractivity contribution in [3.8, 4) is 10.6 Å². The van der Waals surface area contributed by atoms with Crippen LogP contribution in [0.15, 0.2) is 36.5 Å². The number of hydrogen-bond acceptors (Lipinski definition) is 4. The molecular weight excluding hydrogens is 282 g/mol.